The number of alkyl halides is 3. The molecule has 0 spiro atoms. The molecule has 0 aromatic heterocycles. The zero-order valence-corrected chi connectivity index (χ0v) is 21.8. The average Bonchev–Trinajstić information content (AvgIpc) is 3.02. The molecule has 4 aliphatic rings. The molecule has 0 aliphatic heterocycles. The summed E-state index contributed by atoms with van der Waals surface area (Å²) in [5.74, 6) is -3.90. The molecule has 9 heteroatoms. The van der Waals surface area contributed by atoms with E-state index in [1.807, 2.05) is 0 Å². The first-order valence-corrected chi connectivity index (χ1v) is 13.3. The summed E-state index contributed by atoms with van der Waals surface area (Å²) < 4.78 is 38.7. The minimum absolute atomic E-state index is 0.0244. The van der Waals surface area contributed by atoms with Gasteiger partial charge in [0, 0.05) is 34.4 Å². The summed E-state index contributed by atoms with van der Waals surface area (Å²) in [5, 5.41) is 21.9. The Morgan fingerprint density at radius 2 is 1.94 bits per heavy atom. The first-order chi connectivity index (χ1) is 16.3. The molecule has 4 aliphatic carbocycles. The number of halogens is 3. The zero-order chi connectivity index (χ0) is 26.0. The lowest BCUT2D eigenvalue weighted by Gasteiger charge is -2.63. The molecule has 0 bridgehead atoms. The van der Waals surface area contributed by atoms with Gasteiger partial charge in [-0.3, -0.25) is 14.4 Å². The summed E-state index contributed by atoms with van der Waals surface area (Å²) in [4.78, 5) is 38.1. The van der Waals surface area contributed by atoms with E-state index in [0.29, 0.717) is 11.8 Å². The number of ether oxygens (including phenoxy) is 1. The number of carbonyl (C=O) groups excluding carboxylic acids is 3. The largest absolute Gasteiger partial charge is 0.450 e. The fourth-order valence-corrected chi connectivity index (χ4v) is 8.23. The number of hydrogen-bond donors (Lipinski definition) is 2. The van der Waals surface area contributed by atoms with Gasteiger partial charge < -0.3 is 14.9 Å². The fraction of sp³-hybridized carbons (Fsp3) is 0.731. The normalized spacial score (nSPS) is 46.3. The molecule has 2 unspecified atom stereocenters. The van der Waals surface area contributed by atoms with Gasteiger partial charge in [-0.05, 0) is 56.3 Å². The molecule has 0 radical (unpaired) electrons. The van der Waals surface area contributed by atoms with Crippen LogP contribution >= 0.6 is 15.9 Å². The molecule has 3 fully saturated rings. The molecule has 4 rings (SSSR count). The van der Waals surface area contributed by atoms with Crippen LogP contribution in [0.3, 0.4) is 0 Å². The van der Waals surface area contributed by atoms with E-state index >= 15 is 8.78 Å². The van der Waals surface area contributed by atoms with Crippen LogP contribution in [0.15, 0.2) is 23.8 Å². The average molecular weight is 559 g/mol. The minimum atomic E-state index is -2.29. The lowest BCUT2D eigenvalue weighted by atomic mass is 9.44. The van der Waals surface area contributed by atoms with Gasteiger partial charge in [-0.2, -0.15) is 0 Å². The maximum Gasteiger partial charge on any atom is 0.306 e. The van der Waals surface area contributed by atoms with E-state index < -0.39 is 76.3 Å². The number of esters is 1. The molecule has 9 atom stereocenters. The van der Waals surface area contributed by atoms with E-state index in [1.54, 1.807) is 13.8 Å². The van der Waals surface area contributed by atoms with Gasteiger partial charge in [0.2, 0.25) is 5.78 Å². The monoisotopic (exact) mass is 558 g/mol. The molecule has 194 valence electrons. The lowest BCUT2D eigenvalue weighted by Crippen LogP contribution is -2.71. The van der Waals surface area contributed by atoms with Crippen LogP contribution in [0.2, 0.25) is 0 Å². The number of rotatable bonds is 6. The van der Waals surface area contributed by atoms with Crippen molar-refractivity contribution in [2.75, 3.05) is 11.9 Å². The number of aliphatic hydroxyl groups excluding tert-OH is 2. The number of Topliss-reactive ketones (excluding diaryl/α,β-unsaturated/α-hetero) is 1. The molecule has 35 heavy (non-hydrogen) atoms. The third kappa shape index (κ3) is 3.40. The SMILES string of the molecule is C[C@@H]1CC2C3C[C@H](F)C4=CC(=O)C=C[C@]4(C)[C@@]3(F)[C@@H](O)C[C@]2(C)[C@@]1(OC(=O)CCCBr)C(=O)CO. The molecule has 0 aromatic rings. The van der Waals surface area contributed by atoms with Gasteiger partial charge in [0.1, 0.15) is 12.8 Å². The van der Waals surface area contributed by atoms with E-state index in [2.05, 4.69) is 15.9 Å². The third-order valence-corrected chi connectivity index (χ3v) is 10.1. The summed E-state index contributed by atoms with van der Waals surface area (Å²) in [7, 11) is 0. The first kappa shape index (κ1) is 26.6. The molecular formula is C26H33BrF2O6. The molecule has 2 N–H and O–H groups in total. The van der Waals surface area contributed by atoms with Gasteiger partial charge >= 0.3 is 5.97 Å². The standard InChI is InChI=1S/C26H33BrF2O6/c1-14-9-16-17-11-19(28)18-10-15(31)6-7-23(18,2)25(17,29)20(32)12-24(16,3)26(14,21(33)13-30)35-22(34)5-4-8-27/h6-7,10,14,16-17,19-20,30,32H,4-5,8-9,11-13H2,1-3H3/t14-,16?,17?,19+,20+,23+,24+,25+,26+/m1/s1. The molecule has 0 heterocycles. The molecule has 0 amide bonds. The van der Waals surface area contributed by atoms with Gasteiger partial charge in [0.25, 0.3) is 0 Å². The van der Waals surface area contributed by atoms with Gasteiger partial charge in [-0.1, -0.05) is 35.9 Å². The molecule has 0 aromatic carbocycles. The van der Waals surface area contributed by atoms with Crippen LogP contribution in [0.4, 0.5) is 8.78 Å². The van der Waals surface area contributed by atoms with Crippen LogP contribution in [-0.2, 0) is 19.1 Å². The van der Waals surface area contributed by atoms with Crippen molar-refractivity contribution in [3.8, 4) is 0 Å². The van der Waals surface area contributed by atoms with Gasteiger partial charge in [0.15, 0.2) is 17.1 Å². The van der Waals surface area contributed by atoms with Gasteiger partial charge in [-0.15, -0.1) is 0 Å². The lowest BCUT2D eigenvalue weighted by molar-refractivity contribution is -0.231. The predicted octanol–water partition coefficient (Wildman–Crippen LogP) is 3.57. The van der Waals surface area contributed by atoms with Crippen molar-refractivity contribution in [1.82, 2.24) is 0 Å². The summed E-state index contributed by atoms with van der Waals surface area (Å²) >= 11 is 3.26. The Labute approximate surface area is 212 Å². The van der Waals surface area contributed by atoms with Crippen molar-refractivity contribution < 1.29 is 38.1 Å². The second-order valence-corrected chi connectivity index (χ2v) is 11.9. The van der Waals surface area contributed by atoms with E-state index in [-0.39, 0.29) is 31.3 Å². The fourth-order valence-electron chi connectivity index (χ4n) is 7.95. The smallest absolute Gasteiger partial charge is 0.306 e. The van der Waals surface area contributed by atoms with Gasteiger partial charge in [0.05, 0.1) is 6.10 Å². The number of carbonyl (C=O) groups is 3. The summed E-state index contributed by atoms with van der Waals surface area (Å²) in [6, 6.07) is 0. The quantitative estimate of drug-likeness (QED) is 0.382. The van der Waals surface area contributed by atoms with Crippen LogP contribution in [0, 0.1) is 28.6 Å². The Morgan fingerprint density at radius 1 is 1.26 bits per heavy atom. The Kier molecular flexibility index (Phi) is 6.72. The van der Waals surface area contributed by atoms with E-state index in [0.717, 1.165) is 6.08 Å². The first-order valence-electron chi connectivity index (χ1n) is 12.2. The second-order valence-electron chi connectivity index (χ2n) is 11.1. The van der Waals surface area contributed by atoms with Crippen LogP contribution in [0.25, 0.3) is 0 Å². The van der Waals surface area contributed by atoms with Crippen LogP contribution < -0.4 is 0 Å². The third-order valence-electron chi connectivity index (χ3n) is 9.52. The van der Waals surface area contributed by atoms with Crippen molar-refractivity contribution in [3.05, 3.63) is 23.8 Å². The van der Waals surface area contributed by atoms with Crippen LogP contribution in [0.1, 0.15) is 52.9 Å². The highest BCUT2D eigenvalue weighted by Gasteiger charge is 2.78. The molecular weight excluding hydrogens is 526 g/mol. The van der Waals surface area contributed by atoms with Crippen molar-refractivity contribution in [2.45, 2.75) is 76.4 Å². The maximum atomic E-state index is 17.3. The second kappa shape index (κ2) is 8.84. The summed E-state index contributed by atoms with van der Waals surface area (Å²) in [5.41, 5.74) is -6.79. The van der Waals surface area contributed by atoms with Crippen molar-refractivity contribution in [1.29, 1.82) is 0 Å². The highest BCUT2D eigenvalue weighted by molar-refractivity contribution is 9.09. The van der Waals surface area contributed by atoms with Crippen molar-refractivity contribution >= 4 is 33.5 Å². The summed E-state index contributed by atoms with van der Waals surface area (Å²) in [6.07, 6.45) is 0.809. The van der Waals surface area contributed by atoms with E-state index in [1.165, 1.54) is 19.1 Å². The minimum Gasteiger partial charge on any atom is -0.450 e. The number of allylic oxidation sites excluding steroid dienone is 4. The molecule has 3 saturated carbocycles. The van der Waals surface area contributed by atoms with E-state index in [4.69, 9.17) is 4.74 Å². The Morgan fingerprint density at radius 3 is 2.57 bits per heavy atom. The Bertz CT molecular complexity index is 998. The van der Waals surface area contributed by atoms with Gasteiger partial charge in [-0.25, -0.2) is 8.78 Å². The number of fused-ring (bicyclic) bond motifs is 5. The number of hydrogen-bond acceptors (Lipinski definition) is 6. The molecule has 0 saturated heterocycles. The summed E-state index contributed by atoms with van der Waals surface area (Å²) in [6.45, 7) is 4.05. The molecule has 6 nitrogen and oxygen atoms in total. The number of aliphatic hydroxyl groups is 2. The van der Waals surface area contributed by atoms with Crippen molar-refractivity contribution in [3.63, 3.8) is 0 Å². The number of ketones is 2. The highest BCUT2D eigenvalue weighted by Crippen LogP contribution is 2.71. The topological polar surface area (TPSA) is 101 Å². The van der Waals surface area contributed by atoms with Crippen LogP contribution in [-0.4, -0.2) is 63.2 Å². The Hall–Kier alpha value is -1.45. The van der Waals surface area contributed by atoms with Crippen molar-refractivity contribution in [2.24, 2.45) is 28.6 Å². The highest BCUT2D eigenvalue weighted by atomic mass is 79.9. The van der Waals surface area contributed by atoms with Crippen LogP contribution in [0.5, 0.6) is 0 Å². The van der Waals surface area contributed by atoms with E-state index in [9.17, 15) is 24.6 Å². The predicted molar refractivity (Wildman–Crippen MR) is 127 cm³/mol. The maximum absolute atomic E-state index is 17.3. The Balaban J connectivity index is 1.83. The zero-order valence-electron chi connectivity index (χ0n) is 20.2.